The van der Waals surface area contributed by atoms with E-state index in [1.54, 1.807) is 11.8 Å². The first kappa shape index (κ1) is 18.4. The Balaban J connectivity index is -0.000000249. The standard InChI is InChI=1S/C5H11NO2S.ClHO.Zn/c1-9-3-2-4(6)5(7)8;1-2;/h4H,2-3,6H2,1H3,(H,7,8);2H;. The molecule has 7 heteroatoms. The molecule has 0 saturated heterocycles. The number of halogens is 1. The topological polar surface area (TPSA) is 83.6 Å². The minimum Gasteiger partial charge on any atom is -0.480 e. The zero-order valence-electron chi connectivity index (χ0n) is 6.86. The van der Waals surface area contributed by atoms with E-state index in [1.165, 1.54) is 0 Å². The third kappa shape index (κ3) is 13.3. The molecule has 0 aromatic heterocycles. The molecule has 0 fully saturated rings. The SMILES string of the molecule is CSCCC(N)C(=O)O.OCl.[Zn]. The van der Waals surface area contributed by atoms with Gasteiger partial charge in [-0.3, -0.25) is 9.45 Å². The van der Waals surface area contributed by atoms with Crippen molar-refractivity contribution < 1.29 is 34.0 Å². The Bertz CT molecular complexity index is 109. The van der Waals surface area contributed by atoms with Crippen molar-refractivity contribution in [2.45, 2.75) is 12.5 Å². The number of aliphatic carboxylic acids is 1. The molecule has 0 rings (SSSR count). The molecule has 1 atom stereocenters. The van der Waals surface area contributed by atoms with E-state index in [2.05, 4.69) is 11.9 Å². The Hall–Kier alpha value is 0.653. The van der Waals surface area contributed by atoms with Gasteiger partial charge in [-0.15, -0.1) is 0 Å². The van der Waals surface area contributed by atoms with Crippen LogP contribution in [0.2, 0.25) is 0 Å². The summed E-state index contributed by atoms with van der Waals surface area (Å²) in [4.78, 5) is 10.1. The van der Waals surface area contributed by atoms with Crippen molar-refractivity contribution >= 4 is 29.6 Å². The molecule has 0 saturated carbocycles. The molecule has 4 nitrogen and oxygen atoms in total. The van der Waals surface area contributed by atoms with Crippen molar-refractivity contribution in [1.82, 2.24) is 0 Å². The van der Waals surface area contributed by atoms with Gasteiger partial charge in [0.2, 0.25) is 0 Å². The molecule has 0 amide bonds. The van der Waals surface area contributed by atoms with Gasteiger partial charge in [-0.1, -0.05) is 0 Å². The van der Waals surface area contributed by atoms with Gasteiger partial charge in [0.1, 0.15) is 6.04 Å². The average molecular weight is 267 g/mol. The van der Waals surface area contributed by atoms with Gasteiger partial charge in [-0.2, -0.15) is 11.8 Å². The minimum absolute atomic E-state index is 0. The summed E-state index contributed by atoms with van der Waals surface area (Å²) in [7, 11) is 0. The Morgan fingerprint density at radius 3 is 2.33 bits per heavy atom. The van der Waals surface area contributed by atoms with Crippen molar-refractivity contribution in [3.05, 3.63) is 0 Å². The second-order valence-corrected chi connectivity index (χ2v) is 2.71. The summed E-state index contributed by atoms with van der Waals surface area (Å²) in [6, 6.07) is -0.683. The third-order valence-corrected chi connectivity index (χ3v) is 1.59. The molecule has 70 valence electrons. The van der Waals surface area contributed by atoms with Crippen LogP contribution in [0.5, 0.6) is 0 Å². The van der Waals surface area contributed by atoms with E-state index in [-0.39, 0.29) is 19.5 Å². The van der Waals surface area contributed by atoms with Crippen LogP contribution >= 0.6 is 23.6 Å². The number of carboxylic acids is 1. The first-order valence-electron chi connectivity index (χ1n) is 2.82. The summed E-state index contributed by atoms with van der Waals surface area (Å²) in [5.41, 5.74) is 5.19. The van der Waals surface area contributed by atoms with Gasteiger partial charge in [-0.25, -0.2) is 0 Å². The second kappa shape index (κ2) is 14.2. The van der Waals surface area contributed by atoms with Crippen molar-refractivity contribution in [2.24, 2.45) is 5.73 Å². The van der Waals surface area contributed by atoms with E-state index in [4.69, 9.17) is 15.5 Å². The van der Waals surface area contributed by atoms with Gasteiger partial charge in [0.15, 0.2) is 0 Å². The Morgan fingerprint density at radius 1 is 1.67 bits per heavy atom. The molecular formula is C5H12ClNO3SZn. The Kier molecular flexibility index (Phi) is 21.8. The number of nitrogens with two attached hydrogens (primary N) is 1. The summed E-state index contributed by atoms with van der Waals surface area (Å²) < 4.78 is 6.47. The predicted octanol–water partition coefficient (Wildman–Crippen LogP) is 0.281. The van der Waals surface area contributed by atoms with E-state index in [9.17, 15) is 4.79 Å². The van der Waals surface area contributed by atoms with Crippen LogP contribution in [-0.4, -0.2) is 33.8 Å². The summed E-state index contributed by atoms with van der Waals surface area (Å²) in [6.45, 7) is 0. The van der Waals surface area contributed by atoms with Crippen LogP contribution in [0.1, 0.15) is 6.42 Å². The van der Waals surface area contributed by atoms with Crippen molar-refractivity contribution in [2.75, 3.05) is 12.0 Å². The quantitative estimate of drug-likeness (QED) is 0.637. The van der Waals surface area contributed by atoms with Crippen molar-refractivity contribution in [3.8, 4) is 0 Å². The monoisotopic (exact) mass is 265 g/mol. The van der Waals surface area contributed by atoms with E-state index in [0.717, 1.165) is 5.75 Å². The first-order valence-corrected chi connectivity index (χ1v) is 4.56. The fourth-order valence-electron chi connectivity index (χ4n) is 0.368. The smallest absolute Gasteiger partial charge is 0.320 e. The number of thioether (sulfide) groups is 1. The Morgan fingerprint density at radius 2 is 2.08 bits per heavy atom. The third-order valence-electron chi connectivity index (χ3n) is 0.950. The molecule has 0 bridgehead atoms. The maximum Gasteiger partial charge on any atom is 0.320 e. The maximum atomic E-state index is 10.1. The predicted molar refractivity (Wildman–Crippen MR) is 46.7 cm³/mol. The summed E-state index contributed by atoms with van der Waals surface area (Å²) >= 11 is 5.24. The van der Waals surface area contributed by atoms with E-state index >= 15 is 0 Å². The fourth-order valence-corrected chi connectivity index (χ4v) is 0.858. The van der Waals surface area contributed by atoms with E-state index in [0.29, 0.717) is 6.42 Å². The number of rotatable bonds is 4. The summed E-state index contributed by atoms with van der Waals surface area (Å²) in [5, 5.41) is 8.27. The van der Waals surface area contributed by atoms with Crippen LogP contribution in [-0.2, 0) is 24.3 Å². The normalized spacial score (nSPS) is 10.3. The average Bonchev–Trinajstić information content (AvgIpc) is 2.03. The van der Waals surface area contributed by atoms with Gasteiger partial charge in [0.05, 0.1) is 11.9 Å². The second-order valence-electron chi connectivity index (χ2n) is 1.73. The number of carbonyl (C=O) groups is 1. The van der Waals surface area contributed by atoms with E-state index < -0.39 is 12.0 Å². The van der Waals surface area contributed by atoms with Crippen LogP contribution in [0.15, 0.2) is 0 Å². The van der Waals surface area contributed by atoms with Crippen molar-refractivity contribution in [3.63, 3.8) is 0 Å². The van der Waals surface area contributed by atoms with Gasteiger partial charge in [0, 0.05) is 19.5 Å². The molecule has 12 heavy (non-hydrogen) atoms. The van der Waals surface area contributed by atoms with Crippen LogP contribution in [0, 0.1) is 0 Å². The van der Waals surface area contributed by atoms with Crippen LogP contribution in [0.25, 0.3) is 0 Å². The molecule has 0 aromatic rings. The molecule has 0 heterocycles. The van der Waals surface area contributed by atoms with Gasteiger partial charge in [0.25, 0.3) is 0 Å². The van der Waals surface area contributed by atoms with Gasteiger partial charge in [-0.05, 0) is 18.4 Å². The molecule has 0 aliphatic heterocycles. The zero-order chi connectivity index (χ0) is 9.28. The molecule has 0 aromatic carbocycles. The molecule has 0 aliphatic rings. The number of hydrogen-bond donors (Lipinski definition) is 3. The first-order chi connectivity index (χ1) is 5.18. The summed E-state index contributed by atoms with van der Waals surface area (Å²) in [6.07, 6.45) is 2.48. The molecule has 0 radical (unpaired) electrons. The maximum absolute atomic E-state index is 10.1. The molecule has 1 unspecified atom stereocenters. The van der Waals surface area contributed by atoms with E-state index in [1.807, 2.05) is 6.26 Å². The fraction of sp³-hybridized carbons (Fsp3) is 0.800. The number of carboxylic acid groups (broad SMARTS) is 1. The molecule has 4 N–H and O–H groups in total. The number of hydrogen-bond acceptors (Lipinski definition) is 4. The summed E-state index contributed by atoms with van der Waals surface area (Å²) in [5.74, 6) is -0.1000. The van der Waals surface area contributed by atoms with Crippen LogP contribution in [0.4, 0.5) is 0 Å². The largest absolute Gasteiger partial charge is 0.480 e. The van der Waals surface area contributed by atoms with Crippen molar-refractivity contribution in [1.29, 1.82) is 0 Å². The Labute approximate surface area is 93.8 Å². The molecule has 0 aliphatic carbocycles. The van der Waals surface area contributed by atoms with Crippen LogP contribution in [0.3, 0.4) is 0 Å². The van der Waals surface area contributed by atoms with Gasteiger partial charge < -0.3 is 10.8 Å². The van der Waals surface area contributed by atoms with Gasteiger partial charge >= 0.3 is 5.97 Å². The molecular weight excluding hydrogens is 255 g/mol. The van der Waals surface area contributed by atoms with Crippen LogP contribution < -0.4 is 5.73 Å². The molecule has 0 spiro atoms. The minimum atomic E-state index is -0.913. The zero-order valence-corrected chi connectivity index (χ0v) is 11.4.